The van der Waals surface area contributed by atoms with E-state index in [1.165, 1.54) is 0 Å². The standard InChI is InChI=1S/C16H21N2O/c1-18(2)11-8-16(19,9-12-18)15-14-6-4-3-5-13(14)7-10-17-15/h3-7,10,19H,8-9,11-12H2,1-2H3/q+1. The topological polar surface area (TPSA) is 33.1 Å². The van der Waals surface area contributed by atoms with Crippen LogP contribution in [0.2, 0.25) is 0 Å². The number of piperidine rings is 1. The van der Waals surface area contributed by atoms with Crippen LogP contribution in [-0.2, 0) is 5.60 Å². The minimum absolute atomic E-state index is 0.769. The average Bonchev–Trinajstić information content (AvgIpc) is 2.42. The molecule has 2 aromatic rings. The van der Waals surface area contributed by atoms with E-state index >= 15 is 0 Å². The summed E-state index contributed by atoms with van der Waals surface area (Å²) < 4.78 is 0.979. The molecule has 0 radical (unpaired) electrons. The number of rotatable bonds is 1. The normalized spacial score (nSPS) is 21.4. The van der Waals surface area contributed by atoms with E-state index in [0.717, 1.165) is 46.9 Å². The van der Waals surface area contributed by atoms with Crippen molar-refractivity contribution >= 4 is 10.8 Å². The maximum atomic E-state index is 11.0. The summed E-state index contributed by atoms with van der Waals surface area (Å²) in [5, 5.41) is 13.2. The van der Waals surface area contributed by atoms with Gasteiger partial charge in [-0.2, -0.15) is 0 Å². The monoisotopic (exact) mass is 257 g/mol. The smallest absolute Gasteiger partial charge is 0.118 e. The minimum Gasteiger partial charge on any atom is -0.383 e. The van der Waals surface area contributed by atoms with E-state index in [1.807, 2.05) is 24.4 Å². The highest BCUT2D eigenvalue weighted by molar-refractivity contribution is 5.84. The van der Waals surface area contributed by atoms with E-state index in [4.69, 9.17) is 0 Å². The largest absolute Gasteiger partial charge is 0.383 e. The average molecular weight is 257 g/mol. The molecule has 1 aliphatic heterocycles. The van der Waals surface area contributed by atoms with Gasteiger partial charge < -0.3 is 9.59 Å². The van der Waals surface area contributed by atoms with Gasteiger partial charge in [0.25, 0.3) is 0 Å². The lowest BCUT2D eigenvalue weighted by atomic mass is 9.85. The number of aromatic nitrogens is 1. The van der Waals surface area contributed by atoms with Crippen LogP contribution in [0.4, 0.5) is 0 Å². The van der Waals surface area contributed by atoms with Crippen molar-refractivity contribution in [3.05, 3.63) is 42.2 Å². The molecule has 3 nitrogen and oxygen atoms in total. The third-order valence-corrected chi connectivity index (χ3v) is 4.38. The third kappa shape index (κ3) is 2.24. The summed E-state index contributed by atoms with van der Waals surface area (Å²) >= 11 is 0. The maximum absolute atomic E-state index is 11.0. The molecule has 0 aliphatic carbocycles. The Bertz CT molecular complexity index is 591. The second-order valence-electron chi connectivity index (χ2n) is 6.30. The summed E-state index contributed by atoms with van der Waals surface area (Å²) in [6.07, 6.45) is 3.37. The molecule has 100 valence electrons. The van der Waals surface area contributed by atoms with Gasteiger partial charge in [-0.15, -0.1) is 0 Å². The van der Waals surface area contributed by atoms with E-state index in [-0.39, 0.29) is 0 Å². The summed E-state index contributed by atoms with van der Waals surface area (Å²) in [5.74, 6) is 0. The van der Waals surface area contributed by atoms with Crippen LogP contribution in [0.5, 0.6) is 0 Å². The summed E-state index contributed by atoms with van der Waals surface area (Å²) in [7, 11) is 4.44. The maximum Gasteiger partial charge on any atom is 0.118 e. The molecule has 1 N–H and O–H groups in total. The van der Waals surface area contributed by atoms with Crippen molar-refractivity contribution in [1.82, 2.24) is 4.98 Å². The molecule has 3 rings (SSSR count). The van der Waals surface area contributed by atoms with Gasteiger partial charge in [-0.1, -0.05) is 24.3 Å². The molecule has 1 fully saturated rings. The number of pyridine rings is 1. The number of fused-ring (bicyclic) bond motifs is 1. The predicted molar refractivity (Wildman–Crippen MR) is 76.7 cm³/mol. The lowest BCUT2D eigenvalue weighted by Gasteiger charge is -2.41. The molecule has 1 saturated heterocycles. The first-order valence-electron chi connectivity index (χ1n) is 6.89. The first kappa shape index (κ1) is 12.6. The van der Waals surface area contributed by atoms with Gasteiger partial charge in [0.1, 0.15) is 5.60 Å². The molecule has 0 saturated carbocycles. The van der Waals surface area contributed by atoms with Crippen molar-refractivity contribution in [1.29, 1.82) is 0 Å². The van der Waals surface area contributed by atoms with Crippen LogP contribution < -0.4 is 0 Å². The molecule has 1 aromatic heterocycles. The summed E-state index contributed by atoms with van der Waals surface area (Å²) in [5.41, 5.74) is 0.0829. The molecule has 1 aliphatic rings. The van der Waals surface area contributed by atoms with Gasteiger partial charge in [0, 0.05) is 24.4 Å². The molecule has 3 heteroatoms. The fourth-order valence-electron chi connectivity index (χ4n) is 2.94. The number of benzene rings is 1. The van der Waals surface area contributed by atoms with E-state index in [1.54, 1.807) is 0 Å². The van der Waals surface area contributed by atoms with Crippen molar-refractivity contribution in [2.24, 2.45) is 0 Å². The SMILES string of the molecule is C[N+]1(C)CCC(O)(c2nccc3ccccc23)CC1. The van der Waals surface area contributed by atoms with Crippen LogP contribution in [0.15, 0.2) is 36.5 Å². The second-order valence-corrected chi connectivity index (χ2v) is 6.30. The summed E-state index contributed by atoms with van der Waals surface area (Å²) in [6.45, 7) is 1.98. The molecule has 0 amide bonds. The number of aliphatic hydroxyl groups is 1. The molecule has 19 heavy (non-hydrogen) atoms. The van der Waals surface area contributed by atoms with E-state index in [9.17, 15) is 5.11 Å². The molecule has 2 heterocycles. The van der Waals surface area contributed by atoms with E-state index in [2.05, 4.69) is 31.2 Å². The van der Waals surface area contributed by atoms with Crippen molar-refractivity contribution in [2.75, 3.05) is 27.2 Å². The van der Waals surface area contributed by atoms with Crippen LogP contribution in [-0.4, -0.2) is 41.8 Å². The van der Waals surface area contributed by atoms with Crippen LogP contribution in [0.3, 0.4) is 0 Å². The fraction of sp³-hybridized carbons (Fsp3) is 0.438. The minimum atomic E-state index is -0.769. The zero-order chi connectivity index (χ0) is 13.5. The lowest BCUT2D eigenvalue weighted by molar-refractivity contribution is -0.898. The number of hydrogen-bond acceptors (Lipinski definition) is 2. The molecule has 0 atom stereocenters. The Morgan fingerprint density at radius 3 is 2.53 bits per heavy atom. The molecular formula is C16H21N2O+. The summed E-state index contributed by atoms with van der Waals surface area (Å²) in [4.78, 5) is 4.49. The quantitative estimate of drug-likeness (QED) is 0.795. The number of nitrogens with zero attached hydrogens (tertiary/aromatic N) is 2. The Morgan fingerprint density at radius 2 is 1.79 bits per heavy atom. The van der Waals surface area contributed by atoms with Gasteiger partial charge >= 0.3 is 0 Å². The van der Waals surface area contributed by atoms with Crippen molar-refractivity contribution in [3.8, 4) is 0 Å². The molecule has 0 unspecified atom stereocenters. The fourth-order valence-corrected chi connectivity index (χ4v) is 2.94. The molecule has 1 aromatic carbocycles. The Morgan fingerprint density at radius 1 is 1.11 bits per heavy atom. The molecule has 0 bridgehead atoms. The molecule has 0 spiro atoms. The Labute approximate surface area is 114 Å². The van der Waals surface area contributed by atoms with E-state index < -0.39 is 5.60 Å². The highest BCUT2D eigenvalue weighted by Gasteiger charge is 2.40. The van der Waals surface area contributed by atoms with Crippen LogP contribution in [0.25, 0.3) is 10.8 Å². The van der Waals surface area contributed by atoms with Crippen LogP contribution in [0, 0.1) is 0 Å². The zero-order valence-corrected chi connectivity index (χ0v) is 11.6. The Kier molecular flexibility index (Phi) is 2.84. The highest BCUT2D eigenvalue weighted by Crippen LogP contribution is 2.36. The third-order valence-electron chi connectivity index (χ3n) is 4.38. The number of likely N-dealkylation sites (tertiary alicyclic amines) is 1. The predicted octanol–water partition coefficient (Wildman–Crippen LogP) is 2.29. The van der Waals surface area contributed by atoms with Gasteiger partial charge in [0.2, 0.25) is 0 Å². The number of hydrogen-bond donors (Lipinski definition) is 1. The van der Waals surface area contributed by atoms with Crippen molar-refractivity contribution in [3.63, 3.8) is 0 Å². The van der Waals surface area contributed by atoms with Gasteiger partial charge in [0.05, 0.1) is 32.9 Å². The zero-order valence-electron chi connectivity index (χ0n) is 11.6. The van der Waals surface area contributed by atoms with Crippen molar-refractivity contribution in [2.45, 2.75) is 18.4 Å². The van der Waals surface area contributed by atoms with Crippen molar-refractivity contribution < 1.29 is 9.59 Å². The molecular weight excluding hydrogens is 236 g/mol. The summed E-state index contributed by atoms with van der Waals surface area (Å²) in [6, 6.07) is 10.2. The van der Waals surface area contributed by atoms with E-state index in [0.29, 0.717) is 0 Å². The highest BCUT2D eigenvalue weighted by atomic mass is 16.3. The van der Waals surface area contributed by atoms with Gasteiger partial charge in [-0.25, -0.2) is 0 Å². The van der Waals surface area contributed by atoms with Gasteiger partial charge in [-0.3, -0.25) is 4.98 Å². The first-order chi connectivity index (χ1) is 9.00. The van der Waals surface area contributed by atoms with Crippen LogP contribution >= 0.6 is 0 Å². The lowest BCUT2D eigenvalue weighted by Crippen LogP contribution is -2.51. The Balaban J connectivity index is 2.05. The van der Waals surface area contributed by atoms with Gasteiger partial charge in [-0.05, 0) is 11.5 Å². The van der Waals surface area contributed by atoms with Crippen LogP contribution in [0.1, 0.15) is 18.5 Å². The van der Waals surface area contributed by atoms with Gasteiger partial charge in [0.15, 0.2) is 0 Å². The Hall–Kier alpha value is -1.45. The first-order valence-corrected chi connectivity index (χ1v) is 6.89. The number of quaternary nitrogens is 1. The second kappa shape index (κ2) is 4.29.